The Balaban J connectivity index is 1.42. The molecule has 6 heteroatoms. The Bertz CT molecular complexity index is 1260. The molecule has 1 atom stereocenters. The van der Waals surface area contributed by atoms with Crippen molar-refractivity contribution >= 4 is 16.8 Å². The van der Waals surface area contributed by atoms with E-state index in [1.807, 2.05) is 36.0 Å². The summed E-state index contributed by atoms with van der Waals surface area (Å²) in [4.78, 5) is 17.6. The van der Waals surface area contributed by atoms with Crippen LogP contribution in [0.4, 0.5) is 4.39 Å². The number of carbonyl (C=O) groups excluding carboxylic acids is 1. The van der Waals surface area contributed by atoms with E-state index in [1.54, 1.807) is 12.1 Å². The highest BCUT2D eigenvalue weighted by Crippen LogP contribution is 2.31. The normalized spacial score (nSPS) is 15.6. The van der Waals surface area contributed by atoms with Crippen LogP contribution >= 0.6 is 0 Å². The molecule has 1 N–H and O–H groups in total. The van der Waals surface area contributed by atoms with Crippen LogP contribution in [0.3, 0.4) is 0 Å². The summed E-state index contributed by atoms with van der Waals surface area (Å²) in [6.07, 6.45) is 4.69. The van der Waals surface area contributed by atoms with Gasteiger partial charge >= 0.3 is 0 Å². The molecule has 5 nitrogen and oxygen atoms in total. The molecule has 5 rings (SSSR count). The van der Waals surface area contributed by atoms with Gasteiger partial charge in [-0.05, 0) is 49.9 Å². The number of aromatic nitrogens is 3. The highest BCUT2D eigenvalue weighted by atomic mass is 19.1. The third kappa shape index (κ3) is 3.81. The molecule has 2 heterocycles. The van der Waals surface area contributed by atoms with Crippen molar-refractivity contribution in [3.63, 3.8) is 0 Å². The van der Waals surface area contributed by atoms with E-state index in [9.17, 15) is 9.18 Å². The van der Waals surface area contributed by atoms with Crippen molar-refractivity contribution < 1.29 is 9.18 Å². The smallest absolute Gasteiger partial charge is 0.252 e. The second kappa shape index (κ2) is 7.95. The monoisotopic (exact) mass is 414 g/mol. The summed E-state index contributed by atoms with van der Waals surface area (Å²) in [7, 11) is 0. The standard InChI is InChI=1S/C25H23FN4O/c1-16-12-20(19-11-10-18(26)13-23(19)28-16)25(31)29-22-8-5-9-24-21(22)14-27-30(24)15-17-6-3-2-4-7-17/h2-4,6-7,10-14,22H,5,8-9,15H2,1H3,(H,29,31). The van der Waals surface area contributed by atoms with Gasteiger partial charge in [-0.2, -0.15) is 5.10 Å². The number of carbonyl (C=O) groups is 1. The molecule has 0 radical (unpaired) electrons. The van der Waals surface area contributed by atoms with Crippen molar-refractivity contribution in [3.05, 3.63) is 94.7 Å². The molecule has 0 spiro atoms. The molecule has 156 valence electrons. The number of rotatable bonds is 4. The van der Waals surface area contributed by atoms with Gasteiger partial charge in [0.1, 0.15) is 5.82 Å². The van der Waals surface area contributed by atoms with Gasteiger partial charge in [-0.25, -0.2) is 4.39 Å². The maximum Gasteiger partial charge on any atom is 0.252 e. The quantitative estimate of drug-likeness (QED) is 0.525. The molecule has 1 amide bonds. The second-order valence-corrected chi connectivity index (χ2v) is 8.08. The number of hydrogen-bond donors (Lipinski definition) is 1. The van der Waals surface area contributed by atoms with Crippen molar-refractivity contribution in [2.24, 2.45) is 0 Å². The molecule has 0 saturated carbocycles. The first-order valence-corrected chi connectivity index (χ1v) is 10.5. The molecule has 1 unspecified atom stereocenters. The summed E-state index contributed by atoms with van der Waals surface area (Å²) in [5, 5.41) is 8.45. The Morgan fingerprint density at radius 2 is 2.03 bits per heavy atom. The first-order valence-electron chi connectivity index (χ1n) is 10.5. The number of nitrogens with zero attached hydrogens (tertiary/aromatic N) is 3. The molecule has 2 aromatic heterocycles. The maximum absolute atomic E-state index is 13.6. The lowest BCUT2D eigenvalue weighted by Gasteiger charge is -2.24. The fourth-order valence-corrected chi connectivity index (χ4v) is 4.42. The molecule has 4 aromatic rings. The van der Waals surface area contributed by atoms with E-state index >= 15 is 0 Å². The number of hydrogen-bond acceptors (Lipinski definition) is 3. The number of pyridine rings is 1. The Hall–Kier alpha value is -3.54. The van der Waals surface area contributed by atoms with Gasteiger partial charge in [-0.1, -0.05) is 30.3 Å². The summed E-state index contributed by atoms with van der Waals surface area (Å²) in [5.41, 5.74) is 5.15. The largest absolute Gasteiger partial charge is 0.345 e. The third-order valence-corrected chi connectivity index (χ3v) is 5.89. The molecule has 0 saturated heterocycles. The molecular formula is C25H23FN4O. The van der Waals surface area contributed by atoms with Gasteiger partial charge in [0.15, 0.2) is 0 Å². The third-order valence-electron chi connectivity index (χ3n) is 5.89. The Kier molecular flexibility index (Phi) is 4.98. The fraction of sp³-hybridized carbons (Fsp3) is 0.240. The first-order chi connectivity index (χ1) is 15.1. The van der Waals surface area contributed by atoms with E-state index in [1.165, 1.54) is 23.4 Å². The predicted molar refractivity (Wildman–Crippen MR) is 117 cm³/mol. The van der Waals surface area contributed by atoms with Crippen LogP contribution in [0.1, 0.15) is 51.8 Å². The Labute approximate surface area is 179 Å². The maximum atomic E-state index is 13.6. The molecule has 1 aliphatic rings. The molecule has 0 bridgehead atoms. The van der Waals surface area contributed by atoms with Crippen molar-refractivity contribution in [3.8, 4) is 0 Å². The summed E-state index contributed by atoms with van der Waals surface area (Å²) >= 11 is 0. The van der Waals surface area contributed by atoms with Gasteiger partial charge in [-0.15, -0.1) is 0 Å². The molecule has 1 aliphatic carbocycles. The SMILES string of the molecule is Cc1cc(C(=O)NC2CCCc3c2cnn3Cc2ccccc2)c2ccc(F)cc2n1. The summed E-state index contributed by atoms with van der Waals surface area (Å²) in [5.74, 6) is -0.532. The highest BCUT2D eigenvalue weighted by molar-refractivity contribution is 6.06. The zero-order chi connectivity index (χ0) is 21.4. The lowest BCUT2D eigenvalue weighted by molar-refractivity contribution is 0.0934. The fourth-order valence-electron chi connectivity index (χ4n) is 4.42. The van der Waals surface area contributed by atoms with Gasteiger partial charge in [0.2, 0.25) is 0 Å². The van der Waals surface area contributed by atoms with E-state index in [0.29, 0.717) is 22.2 Å². The summed E-state index contributed by atoms with van der Waals surface area (Å²) in [6.45, 7) is 2.53. The molecular weight excluding hydrogens is 391 g/mol. The summed E-state index contributed by atoms with van der Waals surface area (Å²) in [6, 6.07) is 16.3. The van der Waals surface area contributed by atoms with E-state index < -0.39 is 0 Å². The average Bonchev–Trinajstić information content (AvgIpc) is 3.17. The predicted octanol–water partition coefficient (Wildman–Crippen LogP) is 4.73. The van der Waals surface area contributed by atoms with Crippen LogP contribution in [0.5, 0.6) is 0 Å². The minimum atomic E-state index is -0.361. The van der Waals surface area contributed by atoms with E-state index in [-0.39, 0.29) is 17.8 Å². The van der Waals surface area contributed by atoms with Gasteiger partial charge in [0.25, 0.3) is 5.91 Å². The second-order valence-electron chi connectivity index (χ2n) is 8.08. The number of fused-ring (bicyclic) bond motifs is 2. The lowest BCUT2D eigenvalue weighted by Crippen LogP contribution is -2.31. The van der Waals surface area contributed by atoms with Crippen molar-refractivity contribution in [2.45, 2.75) is 38.8 Å². The number of halogens is 1. The number of nitrogens with one attached hydrogen (secondary N) is 1. The van der Waals surface area contributed by atoms with Gasteiger partial charge in [0.05, 0.1) is 29.9 Å². The van der Waals surface area contributed by atoms with Gasteiger partial charge in [-0.3, -0.25) is 14.5 Å². The Morgan fingerprint density at radius 1 is 1.19 bits per heavy atom. The van der Waals surface area contributed by atoms with Crippen molar-refractivity contribution in [1.82, 2.24) is 20.1 Å². The zero-order valence-electron chi connectivity index (χ0n) is 17.3. The van der Waals surface area contributed by atoms with Crippen LogP contribution in [0, 0.1) is 12.7 Å². The minimum Gasteiger partial charge on any atom is -0.345 e. The summed E-state index contributed by atoms with van der Waals surface area (Å²) < 4.78 is 15.7. The van der Waals surface area contributed by atoms with Crippen LogP contribution in [0.15, 0.2) is 60.8 Å². The van der Waals surface area contributed by atoms with Crippen LogP contribution in [-0.4, -0.2) is 20.7 Å². The number of benzene rings is 2. The molecule has 0 fully saturated rings. The van der Waals surface area contributed by atoms with Crippen molar-refractivity contribution in [2.75, 3.05) is 0 Å². The Morgan fingerprint density at radius 3 is 2.87 bits per heavy atom. The molecule has 2 aromatic carbocycles. The van der Waals surface area contributed by atoms with Crippen LogP contribution in [0.25, 0.3) is 10.9 Å². The van der Waals surface area contributed by atoms with Gasteiger partial charge < -0.3 is 5.32 Å². The average molecular weight is 414 g/mol. The highest BCUT2D eigenvalue weighted by Gasteiger charge is 2.26. The molecule has 0 aliphatic heterocycles. The van der Waals surface area contributed by atoms with Crippen LogP contribution in [-0.2, 0) is 13.0 Å². The van der Waals surface area contributed by atoms with E-state index in [0.717, 1.165) is 31.4 Å². The minimum absolute atomic E-state index is 0.0928. The van der Waals surface area contributed by atoms with Crippen LogP contribution in [0.2, 0.25) is 0 Å². The topological polar surface area (TPSA) is 59.8 Å². The first kappa shape index (κ1) is 19.4. The van der Waals surface area contributed by atoms with Gasteiger partial charge in [0, 0.05) is 28.4 Å². The number of amides is 1. The lowest BCUT2D eigenvalue weighted by atomic mass is 9.92. The zero-order valence-corrected chi connectivity index (χ0v) is 17.3. The number of aryl methyl sites for hydroxylation is 1. The van der Waals surface area contributed by atoms with E-state index in [4.69, 9.17) is 0 Å². The van der Waals surface area contributed by atoms with Crippen LogP contribution < -0.4 is 5.32 Å². The van der Waals surface area contributed by atoms with Crippen molar-refractivity contribution in [1.29, 1.82) is 0 Å². The van der Waals surface area contributed by atoms with E-state index in [2.05, 4.69) is 27.5 Å². The molecule has 31 heavy (non-hydrogen) atoms.